The first-order valence-electron chi connectivity index (χ1n) is 5.26. The van der Waals surface area contributed by atoms with Gasteiger partial charge in [-0.1, -0.05) is 0 Å². The lowest BCUT2D eigenvalue weighted by Crippen LogP contribution is -2.14. The van der Waals surface area contributed by atoms with Crippen molar-refractivity contribution < 1.29 is 23.1 Å². The van der Waals surface area contributed by atoms with Gasteiger partial charge in [0.05, 0.1) is 17.4 Å². The normalized spacial score (nSPS) is 11.6. The highest BCUT2D eigenvalue weighted by Crippen LogP contribution is 2.33. The Morgan fingerprint density at radius 1 is 1.26 bits per heavy atom. The van der Waals surface area contributed by atoms with Crippen LogP contribution in [0.5, 0.6) is 0 Å². The first kappa shape index (κ1) is 13.1. The molecule has 2 rings (SSSR count). The first-order valence-corrected chi connectivity index (χ1v) is 5.26. The Morgan fingerprint density at radius 2 is 1.84 bits per heavy atom. The molecule has 0 aliphatic heterocycles. The van der Waals surface area contributed by atoms with Crippen molar-refractivity contribution >= 4 is 5.97 Å². The van der Waals surface area contributed by atoms with Gasteiger partial charge in [-0.2, -0.15) is 18.3 Å². The highest BCUT2D eigenvalue weighted by molar-refractivity contribution is 5.87. The van der Waals surface area contributed by atoms with E-state index in [1.807, 2.05) is 0 Å². The molecule has 0 atom stereocenters. The molecule has 0 saturated heterocycles. The van der Waals surface area contributed by atoms with E-state index in [1.54, 1.807) is 0 Å². The summed E-state index contributed by atoms with van der Waals surface area (Å²) in [6.45, 7) is 1.32. The fourth-order valence-corrected chi connectivity index (χ4v) is 1.71. The second kappa shape index (κ2) is 4.42. The van der Waals surface area contributed by atoms with E-state index >= 15 is 0 Å². The van der Waals surface area contributed by atoms with Gasteiger partial charge in [-0.25, -0.2) is 9.48 Å². The fourth-order valence-electron chi connectivity index (χ4n) is 1.71. The third kappa shape index (κ3) is 2.44. The fraction of sp³-hybridized carbons (Fsp3) is 0.167. The van der Waals surface area contributed by atoms with E-state index in [-0.39, 0.29) is 16.8 Å². The van der Waals surface area contributed by atoms with E-state index in [9.17, 15) is 18.0 Å². The van der Waals surface area contributed by atoms with Crippen LogP contribution in [-0.4, -0.2) is 20.9 Å². The molecular weight excluding hydrogens is 261 g/mol. The maximum absolute atomic E-state index is 12.9. The molecular formula is C12H9F3N2O2. The minimum atomic E-state index is -4.52. The molecule has 100 valence electrons. The number of carboxylic acid groups (broad SMARTS) is 1. The summed E-state index contributed by atoms with van der Waals surface area (Å²) in [6, 6.07) is 5.03. The molecule has 1 heterocycles. The average Bonchev–Trinajstić information content (AvgIpc) is 2.71. The van der Waals surface area contributed by atoms with Gasteiger partial charge in [0.15, 0.2) is 5.69 Å². The third-order valence-corrected chi connectivity index (χ3v) is 2.58. The lowest BCUT2D eigenvalue weighted by Gasteiger charge is -2.11. The lowest BCUT2D eigenvalue weighted by atomic mass is 10.2. The van der Waals surface area contributed by atoms with E-state index in [2.05, 4.69) is 5.10 Å². The Morgan fingerprint density at radius 3 is 2.32 bits per heavy atom. The van der Waals surface area contributed by atoms with Crippen molar-refractivity contribution in [1.29, 1.82) is 0 Å². The first-order chi connectivity index (χ1) is 8.80. The SMILES string of the molecule is Cc1cnn(-c2ccc(C(=O)O)cc2)c1C(F)(F)F. The summed E-state index contributed by atoms with van der Waals surface area (Å²) < 4.78 is 39.4. The summed E-state index contributed by atoms with van der Waals surface area (Å²) in [5, 5.41) is 12.4. The largest absolute Gasteiger partial charge is 0.478 e. The second-order valence-electron chi connectivity index (χ2n) is 3.94. The van der Waals surface area contributed by atoms with Crippen molar-refractivity contribution in [3.8, 4) is 5.69 Å². The number of carboxylic acids is 1. The summed E-state index contributed by atoms with van der Waals surface area (Å²) in [6.07, 6.45) is -3.40. The smallest absolute Gasteiger partial charge is 0.433 e. The molecule has 1 N–H and O–H groups in total. The molecule has 0 spiro atoms. The van der Waals surface area contributed by atoms with Gasteiger partial charge in [0.1, 0.15) is 0 Å². The van der Waals surface area contributed by atoms with E-state index < -0.39 is 17.8 Å². The molecule has 2 aromatic rings. The minimum absolute atomic E-state index is 0.00110. The summed E-state index contributed by atoms with van der Waals surface area (Å²) in [5.74, 6) is -1.14. The monoisotopic (exact) mass is 270 g/mol. The molecule has 19 heavy (non-hydrogen) atoms. The van der Waals surface area contributed by atoms with Crippen LogP contribution in [0.2, 0.25) is 0 Å². The molecule has 0 saturated carbocycles. The maximum atomic E-state index is 12.9. The lowest BCUT2D eigenvalue weighted by molar-refractivity contribution is -0.143. The van der Waals surface area contributed by atoms with Gasteiger partial charge in [-0.3, -0.25) is 0 Å². The number of aryl methyl sites for hydroxylation is 1. The number of alkyl halides is 3. The molecule has 0 amide bonds. The number of aromatic carboxylic acids is 1. The molecule has 4 nitrogen and oxygen atoms in total. The Balaban J connectivity index is 2.51. The van der Waals surface area contributed by atoms with Crippen molar-refractivity contribution in [3.63, 3.8) is 0 Å². The zero-order valence-electron chi connectivity index (χ0n) is 9.77. The predicted molar refractivity (Wildman–Crippen MR) is 60.3 cm³/mol. The van der Waals surface area contributed by atoms with Crippen LogP contribution in [0, 0.1) is 6.92 Å². The van der Waals surface area contributed by atoms with Crippen LogP contribution in [0.15, 0.2) is 30.5 Å². The number of rotatable bonds is 2. The number of aromatic nitrogens is 2. The summed E-state index contributed by atoms with van der Waals surface area (Å²) in [7, 11) is 0. The van der Waals surface area contributed by atoms with Gasteiger partial charge in [-0.05, 0) is 36.8 Å². The van der Waals surface area contributed by atoms with Gasteiger partial charge < -0.3 is 5.11 Å². The van der Waals surface area contributed by atoms with Crippen molar-refractivity contribution in [2.75, 3.05) is 0 Å². The zero-order valence-corrected chi connectivity index (χ0v) is 9.77. The van der Waals surface area contributed by atoms with Crippen molar-refractivity contribution in [2.45, 2.75) is 13.1 Å². The van der Waals surface area contributed by atoms with Gasteiger partial charge in [0.2, 0.25) is 0 Å². The topological polar surface area (TPSA) is 55.1 Å². The number of hydrogen-bond donors (Lipinski definition) is 1. The van der Waals surface area contributed by atoms with Crippen LogP contribution in [0.25, 0.3) is 5.69 Å². The maximum Gasteiger partial charge on any atom is 0.433 e. The average molecular weight is 270 g/mol. The van der Waals surface area contributed by atoms with Crippen LogP contribution in [-0.2, 0) is 6.18 Å². The Hall–Kier alpha value is -2.31. The Labute approximate surface area is 106 Å². The number of nitrogens with zero attached hydrogens (tertiary/aromatic N) is 2. The van der Waals surface area contributed by atoms with Gasteiger partial charge in [-0.15, -0.1) is 0 Å². The van der Waals surface area contributed by atoms with Crippen LogP contribution < -0.4 is 0 Å². The van der Waals surface area contributed by atoms with Crippen LogP contribution in [0.4, 0.5) is 13.2 Å². The van der Waals surface area contributed by atoms with Crippen LogP contribution >= 0.6 is 0 Å². The minimum Gasteiger partial charge on any atom is -0.478 e. The molecule has 1 aromatic heterocycles. The molecule has 0 bridgehead atoms. The number of halogens is 3. The summed E-state index contributed by atoms with van der Waals surface area (Å²) in [4.78, 5) is 10.7. The Bertz CT molecular complexity index is 615. The third-order valence-electron chi connectivity index (χ3n) is 2.58. The number of carbonyl (C=O) groups is 1. The van der Waals surface area contributed by atoms with Gasteiger partial charge in [0.25, 0.3) is 0 Å². The van der Waals surface area contributed by atoms with Crippen molar-refractivity contribution in [2.24, 2.45) is 0 Å². The van der Waals surface area contributed by atoms with Gasteiger partial charge >= 0.3 is 12.1 Å². The van der Waals surface area contributed by atoms with E-state index in [4.69, 9.17) is 5.11 Å². The number of hydrogen-bond acceptors (Lipinski definition) is 2. The molecule has 0 unspecified atom stereocenters. The highest BCUT2D eigenvalue weighted by atomic mass is 19.4. The van der Waals surface area contributed by atoms with Crippen molar-refractivity contribution in [1.82, 2.24) is 9.78 Å². The van der Waals surface area contributed by atoms with E-state index in [1.165, 1.54) is 31.2 Å². The van der Waals surface area contributed by atoms with Gasteiger partial charge in [0, 0.05) is 0 Å². The molecule has 1 aromatic carbocycles. The molecule has 0 radical (unpaired) electrons. The highest BCUT2D eigenvalue weighted by Gasteiger charge is 2.37. The Kier molecular flexibility index (Phi) is 3.05. The van der Waals surface area contributed by atoms with Crippen LogP contribution in [0.1, 0.15) is 21.6 Å². The number of benzene rings is 1. The van der Waals surface area contributed by atoms with E-state index in [0.29, 0.717) is 0 Å². The molecule has 0 fully saturated rings. The molecule has 7 heteroatoms. The van der Waals surface area contributed by atoms with Crippen molar-refractivity contribution in [3.05, 3.63) is 47.3 Å². The van der Waals surface area contributed by atoms with Crippen LogP contribution in [0.3, 0.4) is 0 Å². The second-order valence-corrected chi connectivity index (χ2v) is 3.94. The zero-order chi connectivity index (χ0) is 14.2. The standard InChI is InChI=1S/C12H9F3N2O2/c1-7-6-16-17(10(7)12(13,14)15)9-4-2-8(3-5-9)11(18)19/h2-6H,1H3,(H,18,19). The predicted octanol–water partition coefficient (Wildman–Crippen LogP) is 2.90. The quantitative estimate of drug-likeness (QED) is 0.912. The summed E-state index contributed by atoms with van der Waals surface area (Å²) >= 11 is 0. The molecule has 0 aliphatic rings. The summed E-state index contributed by atoms with van der Waals surface area (Å²) in [5.41, 5.74) is -0.697. The van der Waals surface area contributed by atoms with E-state index in [0.717, 1.165) is 10.9 Å². The molecule has 0 aliphatic carbocycles.